The number of rotatable bonds is 7. The highest BCUT2D eigenvalue weighted by atomic mass is 16.7. The summed E-state index contributed by atoms with van der Waals surface area (Å²) in [5.74, 6) is 1.31. The molecule has 0 saturated carbocycles. The van der Waals surface area contributed by atoms with Crippen LogP contribution in [0, 0.1) is 0 Å². The molecule has 142 valence electrons. The Hall–Kier alpha value is -3.34. The molecule has 0 aliphatic carbocycles. The summed E-state index contributed by atoms with van der Waals surface area (Å²) >= 11 is 0. The number of carbonyl (C=O) groups is 1. The van der Waals surface area contributed by atoms with Crippen molar-refractivity contribution in [2.75, 3.05) is 13.3 Å². The van der Waals surface area contributed by atoms with Crippen LogP contribution in [0.15, 0.2) is 73.1 Å². The molecule has 1 aliphatic heterocycles. The number of hydrogen-bond acceptors (Lipinski definition) is 4. The van der Waals surface area contributed by atoms with Gasteiger partial charge in [-0.25, -0.2) is 0 Å². The molecule has 2 heterocycles. The molecule has 3 aromatic rings. The van der Waals surface area contributed by atoms with Crippen molar-refractivity contribution in [3.63, 3.8) is 0 Å². The van der Waals surface area contributed by atoms with Crippen molar-refractivity contribution >= 4 is 5.91 Å². The lowest BCUT2D eigenvalue weighted by Gasteiger charge is -2.17. The first kappa shape index (κ1) is 18.0. The Morgan fingerprint density at radius 2 is 1.86 bits per heavy atom. The standard InChI is InChI=1S/C23H22N2O3/c26-23(25-12-10-17-8-9-21-22(14-17)28-16-27-21)20(19-6-2-1-3-7-19)13-18-5-4-11-24-15-18/h1-9,11,14-15,20H,10,12-13,16H2,(H,25,26). The van der Waals surface area contributed by atoms with Gasteiger partial charge in [-0.1, -0.05) is 42.5 Å². The van der Waals surface area contributed by atoms with Crippen molar-refractivity contribution in [1.82, 2.24) is 10.3 Å². The summed E-state index contributed by atoms with van der Waals surface area (Å²) in [6, 6.07) is 19.7. The van der Waals surface area contributed by atoms with Crippen molar-refractivity contribution in [3.05, 3.63) is 89.7 Å². The molecule has 1 atom stereocenters. The second-order valence-electron chi connectivity index (χ2n) is 6.76. The molecule has 0 fully saturated rings. The lowest BCUT2D eigenvalue weighted by atomic mass is 9.91. The summed E-state index contributed by atoms with van der Waals surface area (Å²) in [4.78, 5) is 17.1. The van der Waals surface area contributed by atoms with Gasteiger partial charge in [0.15, 0.2) is 11.5 Å². The zero-order chi connectivity index (χ0) is 19.2. The minimum atomic E-state index is -0.248. The van der Waals surface area contributed by atoms with E-state index >= 15 is 0 Å². The first-order valence-corrected chi connectivity index (χ1v) is 9.40. The second-order valence-corrected chi connectivity index (χ2v) is 6.76. The van der Waals surface area contributed by atoms with Gasteiger partial charge in [0.05, 0.1) is 5.92 Å². The fraction of sp³-hybridized carbons (Fsp3) is 0.217. The summed E-state index contributed by atoms with van der Waals surface area (Å²) in [6.45, 7) is 0.831. The Morgan fingerprint density at radius 3 is 2.68 bits per heavy atom. The summed E-state index contributed by atoms with van der Waals surface area (Å²) in [5, 5.41) is 3.09. The van der Waals surface area contributed by atoms with E-state index < -0.39 is 0 Å². The van der Waals surface area contributed by atoms with E-state index in [1.54, 1.807) is 6.20 Å². The van der Waals surface area contributed by atoms with Gasteiger partial charge in [0, 0.05) is 18.9 Å². The van der Waals surface area contributed by atoms with Crippen molar-refractivity contribution in [3.8, 4) is 11.5 Å². The minimum absolute atomic E-state index is 0.0239. The molecule has 0 saturated heterocycles. The molecule has 1 aliphatic rings. The van der Waals surface area contributed by atoms with Crippen molar-refractivity contribution < 1.29 is 14.3 Å². The fourth-order valence-corrected chi connectivity index (χ4v) is 3.35. The van der Waals surface area contributed by atoms with E-state index in [4.69, 9.17) is 9.47 Å². The number of pyridine rings is 1. The van der Waals surface area contributed by atoms with Crippen LogP contribution in [0.3, 0.4) is 0 Å². The van der Waals surface area contributed by atoms with E-state index in [0.29, 0.717) is 13.0 Å². The molecule has 28 heavy (non-hydrogen) atoms. The number of aromatic nitrogens is 1. The molecule has 5 heteroatoms. The third-order valence-corrected chi connectivity index (χ3v) is 4.83. The number of carbonyl (C=O) groups excluding carboxylic acids is 1. The third kappa shape index (κ3) is 4.31. The number of fused-ring (bicyclic) bond motifs is 1. The maximum absolute atomic E-state index is 12.9. The van der Waals surface area contributed by atoms with Crippen LogP contribution >= 0.6 is 0 Å². The number of benzene rings is 2. The van der Waals surface area contributed by atoms with Gasteiger partial charge >= 0.3 is 0 Å². The quantitative estimate of drug-likeness (QED) is 0.688. The van der Waals surface area contributed by atoms with Gasteiger partial charge in [-0.15, -0.1) is 0 Å². The van der Waals surface area contributed by atoms with Crippen LogP contribution in [0.25, 0.3) is 0 Å². The molecule has 1 amide bonds. The van der Waals surface area contributed by atoms with E-state index in [1.807, 2.05) is 66.9 Å². The molecular weight excluding hydrogens is 352 g/mol. The highest BCUT2D eigenvalue weighted by Gasteiger charge is 2.21. The minimum Gasteiger partial charge on any atom is -0.454 e. The van der Waals surface area contributed by atoms with Crippen molar-refractivity contribution in [2.24, 2.45) is 0 Å². The lowest BCUT2D eigenvalue weighted by Crippen LogP contribution is -2.32. The fourth-order valence-electron chi connectivity index (χ4n) is 3.35. The molecule has 0 bridgehead atoms. The molecule has 5 nitrogen and oxygen atoms in total. The van der Waals surface area contributed by atoms with Gasteiger partial charge in [0.25, 0.3) is 0 Å². The Labute approximate surface area is 164 Å². The zero-order valence-corrected chi connectivity index (χ0v) is 15.5. The zero-order valence-electron chi connectivity index (χ0n) is 15.5. The second kappa shape index (κ2) is 8.57. The maximum atomic E-state index is 12.9. The van der Waals surface area contributed by atoms with Crippen LogP contribution in [0.2, 0.25) is 0 Å². The van der Waals surface area contributed by atoms with Gasteiger partial charge < -0.3 is 14.8 Å². The topological polar surface area (TPSA) is 60.5 Å². The Bertz CT molecular complexity index is 929. The van der Waals surface area contributed by atoms with Crippen LogP contribution < -0.4 is 14.8 Å². The summed E-state index contributed by atoms with van der Waals surface area (Å²) in [6.07, 6.45) is 4.91. The first-order chi connectivity index (χ1) is 13.8. The van der Waals surface area contributed by atoms with E-state index in [2.05, 4.69) is 10.3 Å². The van der Waals surface area contributed by atoms with Crippen LogP contribution in [-0.4, -0.2) is 24.2 Å². The van der Waals surface area contributed by atoms with Gasteiger partial charge in [-0.2, -0.15) is 0 Å². The predicted octanol–water partition coefficient (Wildman–Crippen LogP) is 3.50. The number of amides is 1. The summed E-state index contributed by atoms with van der Waals surface area (Å²) in [5.41, 5.74) is 3.15. The van der Waals surface area contributed by atoms with Crippen molar-refractivity contribution in [2.45, 2.75) is 18.8 Å². The van der Waals surface area contributed by atoms with Crippen LogP contribution in [0.1, 0.15) is 22.6 Å². The molecule has 1 unspecified atom stereocenters. The average molecular weight is 374 g/mol. The third-order valence-electron chi connectivity index (χ3n) is 4.83. The number of nitrogens with zero attached hydrogens (tertiary/aromatic N) is 1. The number of ether oxygens (including phenoxy) is 2. The molecule has 4 rings (SSSR count). The van der Waals surface area contributed by atoms with E-state index in [0.717, 1.165) is 34.6 Å². The predicted molar refractivity (Wildman–Crippen MR) is 106 cm³/mol. The number of hydrogen-bond donors (Lipinski definition) is 1. The van der Waals surface area contributed by atoms with Crippen molar-refractivity contribution in [1.29, 1.82) is 0 Å². The van der Waals surface area contributed by atoms with E-state index in [1.165, 1.54) is 0 Å². The lowest BCUT2D eigenvalue weighted by molar-refractivity contribution is -0.122. The van der Waals surface area contributed by atoms with Gasteiger partial charge in [0.1, 0.15) is 0 Å². The number of nitrogens with one attached hydrogen (secondary N) is 1. The monoisotopic (exact) mass is 374 g/mol. The van der Waals surface area contributed by atoms with Crippen LogP contribution in [0.5, 0.6) is 11.5 Å². The molecule has 2 aromatic carbocycles. The summed E-state index contributed by atoms with van der Waals surface area (Å²) in [7, 11) is 0. The highest BCUT2D eigenvalue weighted by molar-refractivity contribution is 5.84. The SMILES string of the molecule is O=C(NCCc1ccc2c(c1)OCO2)C(Cc1cccnc1)c1ccccc1. The van der Waals surface area contributed by atoms with Crippen LogP contribution in [-0.2, 0) is 17.6 Å². The van der Waals surface area contributed by atoms with Gasteiger partial charge in [-0.05, 0) is 47.7 Å². The molecule has 1 aromatic heterocycles. The van der Waals surface area contributed by atoms with E-state index in [9.17, 15) is 4.79 Å². The van der Waals surface area contributed by atoms with Gasteiger partial charge in [-0.3, -0.25) is 9.78 Å². The van der Waals surface area contributed by atoms with Crippen LogP contribution in [0.4, 0.5) is 0 Å². The average Bonchev–Trinajstić information content (AvgIpc) is 3.21. The van der Waals surface area contributed by atoms with Gasteiger partial charge in [0.2, 0.25) is 12.7 Å². The molecule has 1 N–H and O–H groups in total. The normalized spacial score (nSPS) is 13.1. The highest BCUT2D eigenvalue weighted by Crippen LogP contribution is 2.32. The Morgan fingerprint density at radius 1 is 1.00 bits per heavy atom. The first-order valence-electron chi connectivity index (χ1n) is 9.40. The molecule has 0 radical (unpaired) electrons. The van der Waals surface area contributed by atoms with E-state index in [-0.39, 0.29) is 18.6 Å². The maximum Gasteiger partial charge on any atom is 0.231 e. The molecular formula is C23H22N2O3. The molecule has 0 spiro atoms. The smallest absolute Gasteiger partial charge is 0.231 e. The Kier molecular flexibility index (Phi) is 5.52. The summed E-state index contributed by atoms with van der Waals surface area (Å²) < 4.78 is 10.7. The Balaban J connectivity index is 1.40. The largest absolute Gasteiger partial charge is 0.454 e.